The number of amides is 3. The molecule has 0 radical (unpaired) electrons. The maximum atomic E-state index is 12.3. The Morgan fingerprint density at radius 3 is 2.59 bits per heavy atom. The van der Waals surface area contributed by atoms with Crippen LogP contribution in [-0.2, 0) is 19.2 Å². The van der Waals surface area contributed by atoms with E-state index in [-0.39, 0.29) is 30.5 Å². The first-order valence-corrected chi connectivity index (χ1v) is 10.4. The van der Waals surface area contributed by atoms with Gasteiger partial charge in [-0.1, -0.05) is 0 Å². The van der Waals surface area contributed by atoms with Crippen LogP contribution in [0.2, 0.25) is 0 Å². The number of aliphatic carboxylic acids is 2. The van der Waals surface area contributed by atoms with Crippen molar-refractivity contribution in [1.29, 1.82) is 0 Å². The second kappa shape index (κ2) is 10.6. The standard InChI is InChI=1S/C20H25N7O7/c21-20-25-16-15(18(32)26-20)27(9-28)12(8-23-16)7-22-11-3-1-10(2-4-11)17(31)24-13(19(33)34)5-6-14(29)30/h1-4,9,12-13,15-16,22-23H,5-8H2,(H,24,31)(H,29,30)(H,33,34)(H3,21,25,26,32)/p-2. The summed E-state index contributed by atoms with van der Waals surface area (Å²) in [4.78, 5) is 63.4. The summed E-state index contributed by atoms with van der Waals surface area (Å²) in [5.41, 5.74) is 6.32. The number of aliphatic imine (C=N–C) groups is 1. The molecule has 2 heterocycles. The molecule has 0 saturated carbocycles. The summed E-state index contributed by atoms with van der Waals surface area (Å²) in [7, 11) is 0. The van der Waals surface area contributed by atoms with Gasteiger partial charge in [-0.15, -0.1) is 0 Å². The number of nitrogens with one attached hydrogen (secondary N) is 4. The van der Waals surface area contributed by atoms with Crippen LogP contribution < -0.4 is 37.2 Å². The number of carboxylic acid groups (broad SMARTS) is 2. The number of fused-ring (bicyclic) bond motifs is 1. The molecule has 4 atom stereocenters. The van der Waals surface area contributed by atoms with E-state index in [2.05, 4.69) is 26.3 Å². The highest BCUT2D eigenvalue weighted by Crippen LogP contribution is 2.18. The Hall–Kier alpha value is -4.20. The molecule has 1 aromatic rings. The van der Waals surface area contributed by atoms with Crippen molar-refractivity contribution in [2.75, 3.05) is 18.4 Å². The van der Waals surface area contributed by atoms with Gasteiger partial charge in [0.05, 0.1) is 18.1 Å². The number of carbonyl (C=O) groups excluding carboxylic acids is 5. The molecular formula is C20H23N7O7-2. The Kier molecular flexibility index (Phi) is 7.63. The third-order valence-corrected chi connectivity index (χ3v) is 5.44. The number of nitrogens with zero attached hydrogens (tertiary/aromatic N) is 2. The van der Waals surface area contributed by atoms with Crippen LogP contribution in [-0.4, -0.2) is 78.4 Å². The van der Waals surface area contributed by atoms with Crippen molar-refractivity contribution >= 4 is 41.8 Å². The Balaban J connectivity index is 1.58. The minimum absolute atomic E-state index is 0.0184. The van der Waals surface area contributed by atoms with Crippen LogP contribution in [0.5, 0.6) is 0 Å². The maximum absolute atomic E-state index is 12.3. The van der Waals surface area contributed by atoms with E-state index in [4.69, 9.17) is 5.73 Å². The molecule has 0 aromatic heterocycles. The van der Waals surface area contributed by atoms with E-state index in [9.17, 15) is 34.2 Å². The number of guanidine groups is 1. The van der Waals surface area contributed by atoms with E-state index >= 15 is 0 Å². The average Bonchev–Trinajstić information content (AvgIpc) is 2.79. The van der Waals surface area contributed by atoms with Gasteiger partial charge in [-0.25, -0.2) is 4.99 Å². The predicted octanol–water partition coefficient (Wildman–Crippen LogP) is -4.95. The number of hydrogen-bond acceptors (Lipinski definition) is 11. The van der Waals surface area contributed by atoms with Crippen molar-refractivity contribution in [1.82, 2.24) is 20.9 Å². The molecule has 14 nitrogen and oxygen atoms in total. The van der Waals surface area contributed by atoms with Gasteiger partial charge in [0.15, 0.2) is 5.96 Å². The number of carboxylic acids is 2. The first-order valence-electron chi connectivity index (χ1n) is 10.4. The van der Waals surface area contributed by atoms with Crippen LogP contribution in [0.25, 0.3) is 0 Å². The lowest BCUT2D eigenvalue weighted by Crippen LogP contribution is -2.70. The van der Waals surface area contributed by atoms with Crippen molar-refractivity contribution in [3.8, 4) is 0 Å². The van der Waals surface area contributed by atoms with Gasteiger partial charge in [0.2, 0.25) is 6.41 Å². The van der Waals surface area contributed by atoms with Crippen LogP contribution in [0, 0.1) is 0 Å². The lowest BCUT2D eigenvalue weighted by molar-refractivity contribution is -0.309. The number of nitrogens with two attached hydrogens (primary N) is 1. The fourth-order valence-electron chi connectivity index (χ4n) is 3.70. The summed E-state index contributed by atoms with van der Waals surface area (Å²) in [5, 5.41) is 32.5. The molecule has 34 heavy (non-hydrogen) atoms. The maximum Gasteiger partial charge on any atom is 0.253 e. The highest BCUT2D eigenvalue weighted by atomic mass is 16.4. The molecule has 1 aromatic carbocycles. The summed E-state index contributed by atoms with van der Waals surface area (Å²) in [6.45, 7) is 0.636. The number of benzene rings is 1. The summed E-state index contributed by atoms with van der Waals surface area (Å²) >= 11 is 0. The first-order chi connectivity index (χ1) is 16.2. The fraction of sp³-hybridized carbons (Fsp3) is 0.400. The van der Waals surface area contributed by atoms with Gasteiger partial charge in [-0.3, -0.25) is 25.0 Å². The highest BCUT2D eigenvalue weighted by Gasteiger charge is 2.43. The van der Waals surface area contributed by atoms with Gasteiger partial charge in [0, 0.05) is 30.3 Å². The number of piperazine rings is 1. The third kappa shape index (κ3) is 5.78. The SMILES string of the molecule is NC1=NC2NCC(CNc3ccc(C(=O)NC(CCC(=O)[O-])C(=O)[O-])cc3)N(C=O)C2C(=O)N1. The molecule has 0 bridgehead atoms. The van der Waals surface area contributed by atoms with Crippen LogP contribution in [0.4, 0.5) is 5.69 Å². The Bertz CT molecular complexity index is 997. The smallest absolute Gasteiger partial charge is 0.253 e. The van der Waals surface area contributed by atoms with Crippen LogP contribution in [0.3, 0.4) is 0 Å². The molecule has 182 valence electrons. The molecule has 1 saturated heterocycles. The van der Waals surface area contributed by atoms with Crippen molar-refractivity contribution in [2.24, 2.45) is 10.7 Å². The molecular weight excluding hydrogens is 450 g/mol. The number of hydrogen-bond donors (Lipinski definition) is 5. The highest BCUT2D eigenvalue weighted by molar-refractivity contribution is 6.02. The lowest BCUT2D eigenvalue weighted by atomic mass is 10.0. The second-order valence-corrected chi connectivity index (χ2v) is 7.72. The zero-order valence-corrected chi connectivity index (χ0v) is 17.9. The lowest BCUT2D eigenvalue weighted by Gasteiger charge is -2.44. The zero-order chi connectivity index (χ0) is 24.8. The van der Waals surface area contributed by atoms with Crippen LogP contribution in [0.1, 0.15) is 23.2 Å². The quantitative estimate of drug-likeness (QED) is 0.204. The summed E-state index contributed by atoms with van der Waals surface area (Å²) in [5.74, 6) is -4.21. The van der Waals surface area contributed by atoms with E-state index in [1.165, 1.54) is 17.0 Å². The number of carbonyl (C=O) groups is 5. The van der Waals surface area contributed by atoms with Gasteiger partial charge in [-0.2, -0.15) is 0 Å². The molecule has 0 aliphatic carbocycles. The van der Waals surface area contributed by atoms with Gasteiger partial charge >= 0.3 is 0 Å². The molecule has 2 aliphatic rings. The Labute approximate surface area is 193 Å². The largest absolute Gasteiger partial charge is 0.550 e. The van der Waals surface area contributed by atoms with Crippen LogP contribution in [0.15, 0.2) is 29.3 Å². The first kappa shape index (κ1) is 24.4. The monoisotopic (exact) mass is 473 g/mol. The van der Waals surface area contributed by atoms with Crippen molar-refractivity contribution in [3.05, 3.63) is 29.8 Å². The van der Waals surface area contributed by atoms with Gasteiger partial charge in [0.25, 0.3) is 11.8 Å². The van der Waals surface area contributed by atoms with Crippen molar-refractivity contribution in [2.45, 2.75) is 37.1 Å². The Morgan fingerprint density at radius 1 is 1.26 bits per heavy atom. The third-order valence-electron chi connectivity index (χ3n) is 5.44. The second-order valence-electron chi connectivity index (χ2n) is 7.72. The molecule has 6 N–H and O–H groups in total. The summed E-state index contributed by atoms with van der Waals surface area (Å²) in [6.07, 6.45) is -0.956. The molecule has 2 aliphatic heterocycles. The van der Waals surface area contributed by atoms with Gasteiger partial charge in [0.1, 0.15) is 12.2 Å². The number of anilines is 1. The Morgan fingerprint density at radius 2 is 1.97 bits per heavy atom. The fourth-order valence-corrected chi connectivity index (χ4v) is 3.70. The molecule has 14 heteroatoms. The van der Waals surface area contributed by atoms with Crippen molar-refractivity contribution < 1.29 is 34.2 Å². The van der Waals surface area contributed by atoms with E-state index in [1.807, 2.05) is 0 Å². The molecule has 3 amide bonds. The molecule has 0 spiro atoms. The average molecular weight is 473 g/mol. The molecule has 3 rings (SSSR count). The van der Waals surface area contributed by atoms with Gasteiger partial charge in [-0.05, 0) is 37.1 Å². The predicted molar refractivity (Wildman–Crippen MR) is 112 cm³/mol. The summed E-state index contributed by atoms with van der Waals surface area (Å²) < 4.78 is 0. The van der Waals surface area contributed by atoms with E-state index in [1.54, 1.807) is 12.1 Å². The van der Waals surface area contributed by atoms with E-state index < -0.39 is 48.4 Å². The van der Waals surface area contributed by atoms with E-state index in [0.717, 1.165) is 0 Å². The molecule has 1 fully saturated rings. The normalized spacial score (nSPS) is 22.5. The topological polar surface area (TPSA) is 221 Å². The van der Waals surface area contributed by atoms with Gasteiger partial charge < -0.3 is 41.1 Å². The van der Waals surface area contributed by atoms with Crippen molar-refractivity contribution in [3.63, 3.8) is 0 Å². The minimum atomic E-state index is -1.60. The molecule has 4 unspecified atom stereocenters. The minimum Gasteiger partial charge on any atom is -0.550 e. The van der Waals surface area contributed by atoms with E-state index in [0.29, 0.717) is 18.6 Å². The summed E-state index contributed by atoms with van der Waals surface area (Å²) in [6, 6.07) is 3.35. The van der Waals surface area contributed by atoms with Crippen LogP contribution >= 0.6 is 0 Å². The number of rotatable bonds is 10. The zero-order valence-electron chi connectivity index (χ0n) is 17.9.